The van der Waals surface area contributed by atoms with Crippen LogP contribution in [0.3, 0.4) is 0 Å². The molecule has 0 aliphatic carbocycles. The molecule has 0 N–H and O–H groups in total. The Morgan fingerprint density at radius 1 is 0.968 bits per heavy atom. The Morgan fingerprint density at radius 2 is 1.65 bits per heavy atom. The van der Waals surface area contributed by atoms with Crippen LogP contribution < -0.4 is 23.4 Å². The van der Waals surface area contributed by atoms with E-state index in [-0.39, 0.29) is 22.1 Å². The van der Waals surface area contributed by atoms with Gasteiger partial charge in [0.05, 0.1) is 33.5 Å². The summed E-state index contributed by atoms with van der Waals surface area (Å²) in [5, 5.41) is 8.11. The van der Waals surface area contributed by atoms with Crippen molar-refractivity contribution in [2.24, 2.45) is 10.2 Å². The normalized spacial score (nSPS) is 11.7. The number of nitrogens with zero attached hydrogens (tertiary/aromatic N) is 3. The van der Waals surface area contributed by atoms with Gasteiger partial charge in [0.15, 0.2) is 11.5 Å². The first-order valence-corrected chi connectivity index (χ1v) is 9.53. The highest BCUT2D eigenvalue weighted by Gasteiger charge is 2.30. The van der Waals surface area contributed by atoms with Crippen molar-refractivity contribution in [1.29, 1.82) is 0 Å². The Balaban J connectivity index is 2.42. The van der Waals surface area contributed by atoms with Gasteiger partial charge in [0.1, 0.15) is 28.6 Å². The van der Waals surface area contributed by atoms with E-state index in [0.717, 1.165) is 4.42 Å². The van der Waals surface area contributed by atoms with Crippen molar-refractivity contribution in [2.45, 2.75) is 13.0 Å². The lowest BCUT2D eigenvalue weighted by molar-refractivity contribution is -0.126. The topological polar surface area (TPSA) is 99.0 Å². The van der Waals surface area contributed by atoms with Crippen molar-refractivity contribution in [3.8, 4) is 23.0 Å². The van der Waals surface area contributed by atoms with Crippen molar-refractivity contribution < 1.29 is 28.5 Å². The van der Waals surface area contributed by atoms with Gasteiger partial charge in [0, 0.05) is 30.0 Å². The van der Waals surface area contributed by atoms with E-state index in [9.17, 15) is 9.59 Å². The van der Waals surface area contributed by atoms with E-state index in [1.807, 2.05) is 0 Å². The summed E-state index contributed by atoms with van der Waals surface area (Å²) in [7, 11) is 5.73. The van der Waals surface area contributed by atoms with Gasteiger partial charge in [-0.15, -0.1) is 0 Å². The second kappa shape index (κ2) is 10.8. The SMILES string of the molecule is COc1cc(Cl)c(OC)c(N=NC(C(C)=O)C(=O)N(Cl)c2cc(OC)ccc2OC)c1. The molecule has 0 aliphatic rings. The number of carbonyl (C=O) groups is 2. The molecule has 0 saturated carbocycles. The molecule has 2 aromatic carbocycles. The summed E-state index contributed by atoms with van der Waals surface area (Å²) in [5.41, 5.74) is 0.350. The number of halogens is 2. The number of Topliss-reactive ketones (excluding diaryl/α,β-unsaturated/α-hetero) is 1. The molecule has 1 amide bonds. The number of carbonyl (C=O) groups excluding carboxylic acids is 2. The Hall–Kier alpha value is -3.04. The lowest BCUT2D eigenvalue weighted by atomic mass is 10.2. The Labute approximate surface area is 189 Å². The van der Waals surface area contributed by atoms with E-state index in [1.165, 1.54) is 53.6 Å². The van der Waals surface area contributed by atoms with Crippen LogP contribution >= 0.6 is 23.4 Å². The van der Waals surface area contributed by atoms with Gasteiger partial charge in [-0.25, -0.2) is 4.42 Å². The molecule has 0 saturated heterocycles. The fourth-order valence-corrected chi connectivity index (χ4v) is 3.06. The number of benzene rings is 2. The quantitative estimate of drug-likeness (QED) is 0.302. The maximum atomic E-state index is 13.0. The summed E-state index contributed by atoms with van der Waals surface area (Å²) < 4.78 is 21.5. The predicted octanol–water partition coefficient (Wildman–Crippen LogP) is 4.60. The molecule has 0 radical (unpaired) electrons. The number of azo groups is 1. The molecule has 0 spiro atoms. The second-order valence-corrected chi connectivity index (χ2v) is 6.79. The first-order chi connectivity index (χ1) is 14.8. The summed E-state index contributed by atoms with van der Waals surface area (Å²) in [6.45, 7) is 1.20. The highest BCUT2D eigenvalue weighted by molar-refractivity contribution is 6.39. The number of ether oxygens (including phenoxy) is 4. The van der Waals surface area contributed by atoms with Crippen LogP contribution in [0.1, 0.15) is 6.92 Å². The van der Waals surface area contributed by atoms with E-state index in [2.05, 4.69) is 10.2 Å². The number of hydrogen-bond acceptors (Lipinski definition) is 8. The largest absolute Gasteiger partial charge is 0.497 e. The molecule has 9 nitrogen and oxygen atoms in total. The summed E-state index contributed by atoms with van der Waals surface area (Å²) in [5.74, 6) is -0.0778. The number of ketones is 1. The van der Waals surface area contributed by atoms with Gasteiger partial charge in [-0.3, -0.25) is 9.59 Å². The summed E-state index contributed by atoms with van der Waals surface area (Å²) >= 11 is 12.4. The monoisotopic (exact) mass is 469 g/mol. The van der Waals surface area contributed by atoms with Crippen LogP contribution in [0.2, 0.25) is 5.02 Å². The van der Waals surface area contributed by atoms with Crippen LogP contribution in [0.25, 0.3) is 0 Å². The van der Waals surface area contributed by atoms with Crippen molar-refractivity contribution in [3.63, 3.8) is 0 Å². The zero-order chi connectivity index (χ0) is 23.1. The number of hydrogen-bond donors (Lipinski definition) is 0. The molecule has 0 aliphatic heterocycles. The molecule has 1 atom stereocenters. The Kier molecular flexibility index (Phi) is 8.47. The van der Waals surface area contributed by atoms with Gasteiger partial charge in [-0.1, -0.05) is 11.6 Å². The zero-order valence-electron chi connectivity index (χ0n) is 17.5. The van der Waals surface area contributed by atoms with Crippen LogP contribution in [0.5, 0.6) is 23.0 Å². The van der Waals surface area contributed by atoms with Gasteiger partial charge in [0.2, 0.25) is 6.04 Å². The molecule has 0 aromatic heterocycles. The molecular formula is C20H21Cl2N3O6. The van der Waals surface area contributed by atoms with Crippen LogP contribution in [-0.4, -0.2) is 46.2 Å². The van der Waals surface area contributed by atoms with Crippen molar-refractivity contribution in [2.75, 3.05) is 32.9 Å². The summed E-state index contributed by atoms with van der Waals surface area (Å²) in [6.07, 6.45) is 0. The third kappa shape index (κ3) is 5.56. The summed E-state index contributed by atoms with van der Waals surface area (Å²) in [6, 6.07) is 6.20. The fourth-order valence-electron chi connectivity index (χ4n) is 2.55. The smallest absolute Gasteiger partial charge is 0.276 e. The van der Waals surface area contributed by atoms with Crippen molar-refractivity contribution in [3.05, 3.63) is 35.4 Å². The molecule has 31 heavy (non-hydrogen) atoms. The van der Waals surface area contributed by atoms with E-state index in [0.29, 0.717) is 17.2 Å². The highest BCUT2D eigenvalue weighted by atomic mass is 35.5. The molecule has 2 aromatic rings. The molecule has 1 unspecified atom stereocenters. The molecule has 2 rings (SSSR count). The van der Waals surface area contributed by atoms with E-state index < -0.39 is 17.7 Å². The maximum Gasteiger partial charge on any atom is 0.276 e. The minimum Gasteiger partial charge on any atom is -0.497 e. The van der Waals surface area contributed by atoms with Gasteiger partial charge in [-0.2, -0.15) is 10.2 Å². The minimum atomic E-state index is -1.52. The molecule has 11 heteroatoms. The molecule has 0 heterocycles. The maximum absolute atomic E-state index is 13.0. The van der Waals surface area contributed by atoms with E-state index in [4.69, 9.17) is 42.3 Å². The second-order valence-electron chi connectivity index (χ2n) is 6.05. The van der Waals surface area contributed by atoms with Gasteiger partial charge < -0.3 is 18.9 Å². The zero-order valence-corrected chi connectivity index (χ0v) is 19.0. The van der Waals surface area contributed by atoms with E-state index in [1.54, 1.807) is 12.1 Å². The minimum absolute atomic E-state index is 0.172. The average Bonchev–Trinajstić information content (AvgIpc) is 2.77. The van der Waals surface area contributed by atoms with Crippen LogP contribution in [0.4, 0.5) is 11.4 Å². The van der Waals surface area contributed by atoms with Crippen LogP contribution in [0, 0.1) is 0 Å². The van der Waals surface area contributed by atoms with E-state index >= 15 is 0 Å². The average molecular weight is 470 g/mol. The molecule has 0 bridgehead atoms. The first kappa shape index (κ1) is 24.2. The third-order valence-corrected chi connectivity index (χ3v) is 4.76. The number of rotatable bonds is 9. The Bertz CT molecular complexity index is 999. The van der Waals surface area contributed by atoms with Gasteiger partial charge in [-0.05, 0) is 19.1 Å². The molecule has 166 valence electrons. The standard InChI is InChI=1S/C20H21Cl2N3O6/c1-11(26)18(24-23-15-9-13(29-3)8-14(21)19(15)31-5)20(27)25(22)16-10-12(28-2)6-7-17(16)30-4/h6-10,18H,1-5H3. The molecular weight excluding hydrogens is 449 g/mol. The number of anilines is 1. The third-order valence-electron chi connectivity index (χ3n) is 4.13. The highest BCUT2D eigenvalue weighted by Crippen LogP contribution is 2.39. The number of methoxy groups -OCH3 is 4. The van der Waals surface area contributed by atoms with Crippen LogP contribution in [-0.2, 0) is 9.59 Å². The summed E-state index contributed by atoms with van der Waals surface area (Å²) in [4.78, 5) is 25.1. The lowest BCUT2D eigenvalue weighted by Gasteiger charge is -2.19. The fraction of sp³-hybridized carbons (Fsp3) is 0.300. The van der Waals surface area contributed by atoms with Crippen molar-refractivity contribution in [1.82, 2.24) is 0 Å². The number of amides is 1. The predicted molar refractivity (Wildman–Crippen MR) is 116 cm³/mol. The Morgan fingerprint density at radius 3 is 2.19 bits per heavy atom. The molecule has 0 fully saturated rings. The van der Waals surface area contributed by atoms with Gasteiger partial charge in [0.25, 0.3) is 5.91 Å². The van der Waals surface area contributed by atoms with Crippen molar-refractivity contribution >= 4 is 46.4 Å². The lowest BCUT2D eigenvalue weighted by Crippen LogP contribution is -2.36. The van der Waals surface area contributed by atoms with Gasteiger partial charge >= 0.3 is 0 Å². The van der Waals surface area contributed by atoms with Crippen LogP contribution in [0.15, 0.2) is 40.6 Å². The first-order valence-electron chi connectivity index (χ1n) is 8.81.